The van der Waals surface area contributed by atoms with Gasteiger partial charge in [-0.05, 0) is 34.3 Å². The summed E-state index contributed by atoms with van der Waals surface area (Å²) in [6, 6.07) is 3.37. The van der Waals surface area contributed by atoms with Crippen LogP contribution in [0.1, 0.15) is 0 Å². The number of halogens is 2. The number of aromatic nitrogens is 6. The van der Waals surface area contributed by atoms with E-state index >= 15 is 0 Å². The molecule has 0 N–H and O–H groups in total. The SMILES string of the molecule is Cn1nnnc1Sc1cnc2cc(Cl)c(Cl)cc2n1. The minimum absolute atomic E-state index is 0.450. The highest BCUT2D eigenvalue weighted by Crippen LogP contribution is 2.28. The van der Waals surface area contributed by atoms with Crippen molar-refractivity contribution >= 4 is 46.0 Å². The van der Waals surface area contributed by atoms with E-state index < -0.39 is 0 Å². The molecular weight excluding hydrogens is 307 g/mol. The van der Waals surface area contributed by atoms with Gasteiger partial charge >= 0.3 is 0 Å². The average molecular weight is 313 g/mol. The molecule has 2 aromatic heterocycles. The second-order valence-corrected chi connectivity index (χ2v) is 5.45. The molecule has 0 fully saturated rings. The van der Waals surface area contributed by atoms with Crippen LogP contribution in [0.4, 0.5) is 0 Å². The molecule has 2 heterocycles. The summed E-state index contributed by atoms with van der Waals surface area (Å²) in [5.41, 5.74) is 1.37. The Morgan fingerprint density at radius 1 is 1.16 bits per heavy atom. The van der Waals surface area contributed by atoms with Gasteiger partial charge in [-0.2, -0.15) is 0 Å². The molecule has 3 rings (SSSR count). The van der Waals surface area contributed by atoms with Gasteiger partial charge < -0.3 is 0 Å². The lowest BCUT2D eigenvalue weighted by atomic mass is 10.3. The van der Waals surface area contributed by atoms with E-state index in [0.29, 0.717) is 31.3 Å². The molecule has 0 aliphatic heterocycles. The van der Waals surface area contributed by atoms with Gasteiger partial charge in [0.25, 0.3) is 0 Å². The first kappa shape index (κ1) is 12.6. The first-order valence-corrected chi connectivity index (χ1v) is 6.73. The largest absolute Gasteiger partial charge is 0.252 e. The van der Waals surface area contributed by atoms with Crippen LogP contribution in [-0.4, -0.2) is 30.2 Å². The number of hydrogen-bond donors (Lipinski definition) is 0. The fourth-order valence-corrected chi connectivity index (χ4v) is 2.44. The number of benzene rings is 1. The number of aryl methyl sites for hydroxylation is 1. The van der Waals surface area contributed by atoms with Gasteiger partial charge in [-0.3, -0.25) is 4.98 Å². The number of nitrogens with zero attached hydrogens (tertiary/aromatic N) is 6. The number of rotatable bonds is 2. The molecule has 0 unspecified atom stereocenters. The van der Waals surface area contributed by atoms with Crippen LogP contribution in [-0.2, 0) is 7.05 Å². The van der Waals surface area contributed by atoms with Gasteiger partial charge in [-0.1, -0.05) is 23.2 Å². The molecule has 0 saturated carbocycles. The van der Waals surface area contributed by atoms with E-state index in [1.54, 1.807) is 30.1 Å². The summed E-state index contributed by atoms with van der Waals surface area (Å²) in [5.74, 6) is 0. The molecule has 0 saturated heterocycles. The summed E-state index contributed by atoms with van der Waals surface area (Å²) in [7, 11) is 1.76. The third-order valence-corrected chi connectivity index (χ3v) is 4.00. The van der Waals surface area contributed by atoms with Gasteiger partial charge in [0.2, 0.25) is 5.16 Å². The summed E-state index contributed by atoms with van der Waals surface area (Å²) in [4.78, 5) is 8.73. The molecule has 96 valence electrons. The van der Waals surface area contributed by atoms with Crippen molar-refractivity contribution in [3.05, 3.63) is 28.4 Å². The first-order chi connectivity index (χ1) is 9.13. The van der Waals surface area contributed by atoms with E-state index in [1.165, 1.54) is 11.8 Å². The number of fused-ring (bicyclic) bond motifs is 1. The Morgan fingerprint density at radius 2 is 1.89 bits per heavy atom. The average Bonchev–Trinajstić information content (AvgIpc) is 2.77. The summed E-state index contributed by atoms with van der Waals surface area (Å²) in [6.07, 6.45) is 1.64. The van der Waals surface area contributed by atoms with Crippen molar-refractivity contribution in [3.8, 4) is 0 Å². The van der Waals surface area contributed by atoms with Gasteiger partial charge in [0.15, 0.2) is 0 Å². The summed E-state index contributed by atoms with van der Waals surface area (Å²) in [5, 5.41) is 13.4. The maximum Gasteiger partial charge on any atom is 0.215 e. The van der Waals surface area contributed by atoms with E-state index in [4.69, 9.17) is 23.2 Å². The van der Waals surface area contributed by atoms with Crippen LogP contribution in [0.3, 0.4) is 0 Å². The van der Waals surface area contributed by atoms with Gasteiger partial charge in [0.1, 0.15) is 5.03 Å². The Morgan fingerprint density at radius 3 is 2.58 bits per heavy atom. The van der Waals surface area contributed by atoms with E-state index in [1.807, 2.05) is 0 Å². The predicted octanol–water partition coefficient (Wildman–Crippen LogP) is 2.61. The minimum Gasteiger partial charge on any atom is -0.252 e. The quantitative estimate of drug-likeness (QED) is 0.724. The Hall–Kier alpha value is -1.44. The molecule has 0 spiro atoms. The molecule has 3 aromatic rings. The molecule has 0 aliphatic rings. The standard InChI is InChI=1S/C10H6Cl2N6S/c1-18-10(15-16-17-18)19-9-4-13-7-2-5(11)6(12)3-8(7)14-9/h2-4H,1H3. The molecule has 9 heteroatoms. The molecule has 19 heavy (non-hydrogen) atoms. The molecule has 0 amide bonds. The molecular formula is C10H6Cl2N6S. The summed E-state index contributed by atoms with van der Waals surface area (Å²) in [6.45, 7) is 0. The zero-order chi connectivity index (χ0) is 13.4. The van der Waals surface area contributed by atoms with Crippen LogP contribution in [0.5, 0.6) is 0 Å². The van der Waals surface area contributed by atoms with Gasteiger partial charge in [-0.15, -0.1) is 5.10 Å². The van der Waals surface area contributed by atoms with E-state index in [0.717, 1.165) is 0 Å². The Labute approximate surface area is 122 Å². The molecule has 0 aliphatic carbocycles. The van der Waals surface area contributed by atoms with Crippen LogP contribution in [0.25, 0.3) is 11.0 Å². The van der Waals surface area contributed by atoms with E-state index in [9.17, 15) is 0 Å². The van der Waals surface area contributed by atoms with Crippen molar-refractivity contribution in [2.75, 3.05) is 0 Å². The number of hydrogen-bond acceptors (Lipinski definition) is 6. The minimum atomic E-state index is 0.450. The fourth-order valence-electron chi connectivity index (χ4n) is 1.44. The van der Waals surface area contributed by atoms with Crippen LogP contribution < -0.4 is 0 Å². The van der Waals surface area contributed by atoms with Crippen molar-refractivity contribution in [2.24, 2.45) is 7.05 Å². The monoisotopic (exact) mass is 312 g/mol. The molecule has 0 atom stereocenters. The summed E-state index contributed by atoms with van der Waals surface area (Å²) >= 11 is 13.2. The predicted molar refractivity (Wildman–Crippen MR) is 72.5 cm³/mol. The lowest BCUT2D eigenvalue weighted by Crippen LogP contribution is -1.94. The third kappa shape index (κ3) is 2.49. The maximum absolute atomic E-state index is 5.96. The van der Waals surface area contributed by atoms with Gasteiger partial charge in [0.05, 0.1) is 27.3 Å². The van der Waals surface area contributed by atoms with Crippen LogP contribution in [0, 0.1) is 0 Å². The van der Waals surface area contributed by atoms with Crippen molar-refractivity contribution in [2.45, 2.75) is 10.2 Å². The first-order valence-electron chi connectivity index (χ1n) is 5.15. The highest BCUT2D eigenvalue weighted by molar-refractivity contribution is 7.99. The lowest BCUT2D eigenvalue weighted by molar-refractivity contribution is 0.664. The highest BCUT2D eigenvalue weighted by atomic mass is 35.5. The Bertz CT molecular complexity index is 759. The van der Waals surface area contributed by atoms with Gasteiger partial charge in [0, 0.05) is 7.05 Å². The zero-order valence-corrected chi connectivity index (χ0v) is 11.9. The molecule has 0 bridgehead atoms. The van der Waals surface area contributed by atoms with Crippen molar-refractivity contribution in [3.63, 3.8) is 0 Å². The van der Waals surface area contributed by atoms with Crippen molar-refractivity contribution in [1.29, 1.82) is 0 Å². The smallest absolute Gasteiger partial charge is 0.215 e. The zero-order valence-electron chi connectivity index (χ0n) is 9.58. The van der Waals surface area contributed by atoms with E-state index in [-0.39, 0.29) is 0 Å². The highest BCUT2D eigenvalue weighted by Gasteiger charge is 2.09. The second-order valence-electron chi connectivity index (χ2n) is 3.65. The second kappa shape index (κ2) is 4.92. The topological polar surface area (TPSA) is 69.4 Å². The van der Waals surface area contributed by atoms with Crippen molar-refractivity contribution in [1.82, 2.24) is 30.2 Å². The van der Waals surface area contributed by atoms with Crippen LogP contribution in [0.2, 0.25) is 10.0 Å². The molecule has 1 aromatic carbocycles. The normalized spacial score (nSPS) is 11.1. The third-order valence-electron chi connectivity index (χ3n) is 2.34. The lowest BCUT2D eigenvalue weighted by Gasteiger charge is -2.02. The molecule has 6 nitrogen and oxygen atoms in total. The van der Waals surface area contributed by atoms with Crippen LogP contribution >= 0.6 is 35.0 Å². The Kier molecular flexibility index (Phi) is 3.26. The fraction of sp³-hybridized carbons (Fsp3) is 0.100. The van der Waals surface area contributed by atoms with Gasteiger partial charge in [-0.25, -0.2) is 9.67 Å². The maximum atomic E-state index is 5.96. The molecule has 0 radical (unpaired) electrons. The van der Waals surface area contributed by atoms with E-state index in [2.05, 4.69) is 25.5 Å². The van der Waals surface area contributed by atoms with Crippen molar-refractivity contribution < 1.29 is 0 Å². The summed E-state index contributed by atoms with van der Waals surface area (Å²) < 4.78 is 1.56. The number of tetrazole rings is 1. The Balaban J connectivity index is 2.02. The van der Waals surface area contributed by atoms with Crippen LogP contribution in [0.15, 0.2) is 28.5 Å².